The number of carbonyl (C=O) groups is 1. The minimum absolute atomic E-state index is 0. The van der Waals surface area contributed by atoms with Gasteiger partial charge in [0.25, 0.3) is 5.91 Å². The van der Waals surface area contributed by atoms with Gasteiger partial charge in [0, 0.05) is 30.9 Å². The minimum Gasteiger partial charge on any atom is -0.390 e. The van der Waals surface area contributed by atoms with Crippen molar-refractivity contribution in [1.82, 2.24) is 10.6 Å². The van der Waals surface area contributed by atoms with E-state index in [-0.39, 0.29) is 18.3 Å². The summed E-state index contributed by atoms with van der Waals surface area (Å²) in [5, 5.41) is 20.4. The number of aliphatic hydroxyl groups is 1. The molecule has 0 saturated carbocycles. The molecule has 202 valence electrons. The van der Waals surface area contributed by atoms with Crippen LogP contribution < -0.4 is 20.3 Å². The molecule has 0 aromatic heterocycles. The lowest BCUT2D eigenvalue weighted by atomic mass is 10.00. The Bertz CT molecular complexity index is 951. The summed E-state index contributed by atoms with van der Waals surface area (Å²) >= 11 is 0. The van der Waals surface area contributed by atoms with Crippen molar-refractivity contribution in [3.63, 3.8) is 0 Å². The van der Waals surface area contributed by atoms with Gasteiger partial charge in [-0.05, 0) is 62.9 Å². The molecule has 0 bridgehead atoms. The fraction of sp³-hybridized carbons (Fsp3) is 0.500. The smallest absolute Gasteiger partial charge is 0.251 e. The van der Waals surface area contributed by atoms with Crippen molar-refractivity contribution in [1.29, 1.82) is 0 Å². The van der Waals surface area contributed by atoms with Crippen LogP contribution >= 0.6 is 23.2 Å². The van der Waals surface area contributed by atoms with Gasteiger partial charge in [0.15, 0.2) is 0 Å². The van der Waals surface area contributed by atoms with Gasteiger partial charge >= 0.3 is 0 Å². The highest BCUT2D eigenvalue weighted by Gasteiger charge is 2.28. The first-order chi connectivity index (χ1) is 16.8. The molecular formula is C26H41ClN4O4S. The van der Waals surface area contributed by atoms with Crippen LogP contribution in [0, 0.1) is 0 Å². The molecule has 1 aliphatic heterocycles. The lowest BCUT2D eigenvalue weighted by molar-refractivity contribution is 0.0831. The van der Waals surface area contributed by atoms with Crippen LogP contribution in [0.3, 0.4) is 0 Å². The molecule has 1 aliphatic rings. The fourth-order valence-corrected chi connectivity index (χ4v) is 5.95. The second kappa shape index (κ2) is 14.7. The maximum atomic E-state index is 13.4. The molecule has 10 heteroatoms. The number of amides is 1. The van der Waals surface area contributed by atoms with E-state index in [1.165, 1.54) is 0 Å². The highest BCUT2D eigenvalue weighted by molar-refractivity contribution is 8.25. The average molecular weight is 541 g/mol. The SMILES string of the molecule is CCCNC[C@H](O)[C@H](Cc1ccccc1)NC(=O)c1cc(NCC)cc(N2CCCCS2(O)O)c1.Cl. The Balaban J connectivity index is 0.00000456. The van der Waals surface area contributed by atoms with Crippen LogP contribution in [-0.4, -0.2) is 64.2 Å². The first-order valence-electron chi connectivity index (χ1n) is 12.5. The molecule has 2 atom stereocenters. The third kappa shape index (κ3) is 8.54. The summed E-state index contributed by atoms with van der Waals surface area (Å²) < 4.78 is 22.9. The maximum Gasteiger partial charge on any atom is 0.251 e. The van der Waals surface area contributed by atoms with Gasteiger partial charge < -0.3 is 21.1 Å². The minimum atomic E-state index is -2.92. The Morgan fingerprint density at radius 2 is 1.86 bits per heavy atom. The van der Waals surface area contributed by atoms with Gasteiger partial charge in [-0.25, -0.2) is 0 Å². The van der Waals surface area contributed by atoms with Crippen molar-refractivity contribution in [2.75, 3.05) is 41.6 Å². The van der Waals surface area contributed by atoms with Crippen LogP contribution in [0.5, 0.6) is 0 Å². The zero-order valence-corrected chi connectivity index (χ0v) is 22.8. The van der Waals surface area contributed by atoms with Gasteiger partial charge in [-0.1, -0.05) is 37.3 Å². The molecule has 0 spiro atoms. The highest BCUT2D eigenvalue weighted by Crippen LogP contribution is 2.50. The van der Waals surface area contributed by atoms with Crippen molar-refractivity contribution < 1.29 is 19.0 Å². The number of carbonyl (C=O) groups excluding carboxylic acids is 1. The van der Waals surface area contributed by atoms with Crippen LogP contribution in [0.25, 0.3) is 0 Å². The third-order valence-electron chi connectivity index (χ3n) is 6.09. The number of nitrogens with zero attached hydrogens (tertiary/aromatic N) is 1. The van der Waals surface area contributed by atoms with Gasteiger partial charge in [0.1, 0.15) is 0 Å². The van der Waals surface area contributed by atoms with E-state index in [1.54, 1.807) is 16.4 Å². The average Bonchev–Trinajstić information content (AvgIpc) is 2.84. The first-order valence-corrected chi connectivity index (χ1v) is 14.2. The number of aliphatic hydroxyl groups excluding tert-OH is 1. The number of hydrogen-bond donors (Lipinski definition) is 6. The standard InChI is InChI=1S/C26H40N4O4S.ClH/c1-3-12-27-19-25(31)24(15-20-10-6-5-7-11-20)29-26(32)21-16-22(28-4-2)18-23(17-21)30-13-8-9-14-35(30,33)34;/h5-7,10-11,16-18,24-25,27-28,31,33-34H,3-4,8-9,12-15,19H2,1-2H3,(H,29,32);1H/t24-,25-;/m0./s1. The largest absolute Gasteiger partial charge is 0.390 e. The van der Waals surface area contributed by atoms with Crippen LogP contribution in [-0.2, 0) is 6.42 Å². The number of rotatable bonds is 12. The van der Waals surface area contributed by atoms with Crippen LogP contribution in [0.4, 0.5) is 11.4 Å². The molecule has 1 amide bonds. The molecule has 6 N–H and O–H groups in total. The van der Waals surface area contributed by atoms with Gasteiger partial charge in [0.05, 0.1) is 23.6 Å². The molecule has 0 aliphatic carbocycles. The topological polar surface area (TPSA) is 117 Å². The van der Waals surface area contributed by atoms with E-state index < -0.39 is 22.9 Å². The molecule has 2 aromatic carbocycles. The van der Waals surface area contributed by atoms with E-state index in [1.807, 2.05) is 43.3 Å². The van der Waals surface area contributed by atoms with Gasteiger partial charge in [-0.3, -0.25) is 18.2 Å². The molecule has 1 heterocycles. The normalized spacial score (nSPS) is 17.4. The quantitative estimate of drug-likeness (QED) is 0.219. The zero-order valence-electron chi connectivity index (χ0n) is 21.2. The van der Waals surface area contributed by atoms with Crippen molar-refractivity contribution in [2.45, 2.75) is 51.7 Å². The molecule has 8 nitrogen and oxygen atoms in total. The van der Waals surface area contributed by atoms with E-state index in [2.05, 4.69) is 22.9 Å². The highest BCUT2D eigenvalue weighted by atomic mass is 35.5. The predicted octanol–water partition coefficient (Wildman–Crippen LogP) is 4.51. The number of hydrogen-bond acceptors (Lipinski definition) is 7. The van der Waals surface area contributed by atoms with E-state index in [4.69, 9.17) is 0 Å². The lowest BCUT2D eigenvalue weighted by Gasteiger charge is -2.47. The summed E-state index contributed by atoms with van der Waals surface area (Å²) in [5.74, 6) is 0.0192. The van der Waals surface area contributed by atoms with Crippen molar-refractivity contribution >= 4 is 40.5 Å². The van der Waals surface area contributed by atoms with Crippen LogP contribution in [0.15, 0.2) is 48.5 Å². The monoisotopic (exact) mass is 540 g/mol. The molecular weight excluding hydrogens is 500 g/mol. The number of halogens is 1. The molecule has 2 aromatic rings. The van der Waals surface area contributed by atoms with Crippen molar-refractivity contribution in [3.05, 3.63) is 59.7 Å². The molecule has 3 rings (SSSR count). The maximum absolute atomic E-state index is 13.4. The Labute approximate surface area is 222 Å². The molecule has 0 unspecified atom stereocenters. The summed E-state index contributed by atoms with van der Waals surface area (Å²) in [4.78, 5) is 13.4. The summed E-state index contributed by atoms with van der Waals surface area (Å²) in [6, 6.07) is 14.6. The Morgan fingerprint density at radius 3 is 2.53 bits per heavy atom. The van der Waals surface area contributed by atoms with Gasteiger partial charge in [-0.15, -0.1) is 23.2 Å². The zero-order chi connectivity index (χ0) is 25.3. The van der Waals surface area contributed by atoms with Crippen LogP contribution in [0.2, 0.25) is 0 Å². The summed E-state index contributed by atoms with van der Waals surface area (Å²) in [5.41, 5.74) is 2.78. The predicted molar refractivity (Wildman–Crippen MR) is 153 cm³/mol. The van der Waals surface area contributed by atoms with E-state index >= 15 is 0 Å². The van der Waals surface area contributed by atoms with Gasteiger partial charge in [0.2, 0.25) is 0 Å². The molecule has 36 heavy (non-hydrogen) atoms. The van der Waals surface area contributed by atoms with E-state index in [0.29, 0.717) is 43.1 Å². The Hall–Kier alpha value is -2.01. The first kappa shape index (κ1) is 30.2. The molecule has 0 radical (unpaired) electrons. The molecule has 1 saturated heterocycles. The van der Waals surface area contributed by atoms with Crippen molar-refractivity contribution in [2.24, 2.45) is 0 Å². The second-order valence-corrected chi connectivity index (χ2v) is 11.1. The number of nitrogens with one attached hydrogen (secondary N) is 3. The number of benzene rings is 2. The Kier molecular flexibility index (Phi) is 12.3. The fourth-order valence-electron chi connectivity index (χ4n) is 4.27. The third-order valence-corrected chi connectivity index (χ3v) is 8.03. The summed E-state index contributed by atoms with van der Waals surface area (Å²) in [7, 11) is -2.92. The van der Waals surface area contributed by atoms with E-state index in [9.17, 15) is 19.0 Å². The number of anilines is 2. The van der Waals surface area contributed by atoms with Gasteiger partial charge in [-0.2, -0.15) is 0 Å². The Morgan fingerprint density at radius 1 is 1.11 bits per heavy atom. The lowest BCUT2D eigenvalue weighted by Crippen LogP contribution is -2.48. The van der Waals surface area contributed by atoms with E-state index in [0.717, 1.165) is 37.1 Å². The van der Waals surface area contributed by atoms with Crippen molar-refractivity contribution in [3.8, 4) is 0 Å². The second-order valence-electron chi connectivity index (χ2n) is 8.99. The summed E-state index contributed by atoms with van der Waals surface area (Å²) in [6.07, 6.45) is 2.31. The molecule has 1 fully saturated rings. The van der Waals surface area contributed by atoms with Crippen LogP contribution in [0.1, 0.15) is 49.0 Å². The summed E-state index contributed by atoms with van der Waals surface area (Å²) in [6.45, 7) is 6.39.